The Labute approximate surface area is 106 Å². The summed E-state index contributed by atoms with van der Waals surface area (Å²) >= 11 is 0. The van der Waals surface area contributed by atoms with Crippen LogP contribution in [-0.2, 0) is 23.9 Å². The predicted molar refractivity (Wildman–Crippen MR) is 63.7 cm³/mol. The second kappa shape index (κ2) is 5.33. The molecule has 0 amide bonds. The topological polar surface area (TPSA) is 69.7 Å². The van der Waals surface area contributed by atoms with Gasteiger partial charge in [0.1, 0.15) is 5.41 Å². The third kappa shape index (κ3) is 2.30. The number of hydrogen-bond acceptors (Lipinski definition) is 5. The molecule has 0 saturated carbocycles. The molecular formula is C13H18O5. The Balaban J connectivity index is 2.97. The lowest BCUT2D eigenvalue weighted by molar-refractivity contribution is -0.157. The third-order valence-electron chi connectivity index (χ3n) is 3.54. The maximum atomic E-state index is 12.2. The van der Waals surface area contributed by atoms with Crippen LogP contribution < -0.4 is 0 Å². The molecule has 0 saturated heterocycles. The fourth-order valence-corrected chi connectivity index (χ4v) is 2.30. The molecule has 1 rings (SSSR count). The highest BCUT2D eigenvalue weighted by molar-refractivity contribution is 6.14. The molecule has 0 spiro atoms. The molecule has 1 atom stereocenters. The van der Waals surface area contributed by atoms with Crippen LogP contribution in [0.3, 0.4) is 0 Å². The molecule has 18 heavy (non-hydrogen) atoms. The van der Waals surface area contributed by atoms with E-state index in [2.05, 4.69) is 4.74 Å². The summed E-state index contributed by atoms with van der Waals surface area (Å²) in [6.07, 6.45) is 0.471. The fraction of sp³-hybridized carbons (Fsp3) is 0.615. The van der Waals surface area contributed by atoms with Gasteiger partial charge in [-0.05, 0) is 32.3 Å². The van der Waals surface area contributed by atoms with Crippen molar-refractivity contribution in [2.45, 2.75) is 33.1 Å². The third-order valence-corrected chi connectivity index (χ3v) is 3.54. The Bertz CT molecular complexity index is 421. The molecule has 100 valence electrons. The smallest absolute Gasteiger partial charge is 0.320 e. The van der Waals surface area contributed by atoms with Crippen molar-refractivity contribution in [2.75, 3.05) is 14.2 Å². The van der Waals surface area contributed by atoms with E-state index in [0.29, 0.717) is 12.0 Å². The molecule has 0 aromatic heterocycles. The number of methoxy groups -OCH3 is 2. The zero-order valence-electron chi connectivity index (χ0n) is 11.2. The lowest BCUT2D eigenvalue weighted by atomic mass is 9.78. The summed E-state index contributed by atoms with van der Waals surface area (Å²) < 4.78 is 9.27. The number of hydrogen-bond donors (Lipinski definition) is 0. The fourth-order valence-electron chi connectivity index (χ4n) is 2.30. The molecule has 0 heterocycles. The lowest BCUT2D eigenvalue weighted by Crippen LogP contribution is -2.38. The molecule has 1 aliphatic rings. The second-order valence-corrected chi connectivity index (χ2v) is 4.56. The molecule has 5 nitrogen and oxygen atoms in total. The molecule has 5 heteroatoms. The molecule has 0 N–H and O–H groups in total. The van der Waals surface area contributed by atoms with Gasteiger partial charge in [0.15, 0.2) is 5.78 Å². The summed E-state index contributed by atoms with van der Waals surface area (Å²) in [4.78, 5) is 35.3. The Kier molecular flexibility index (Phi) is 4.27. The van der Waals surface area contributed by atoms with Crippen LogP contribution in [0.15, 0.2) is 11.1 Å². The standard InChI is InChI=1S/C13H18O5/c1-8-7-13(12(16)18-4,11(15)9(8)2)6-5-10(14)17-3/h5-7H2,1-4H3. The number of esters is 2. The van der Waals surface area contributed by atoms with Gasteiger partial charge in [-0.2, -0.15) is 0 Å². The van der Waals surface area contributed by atoms with Gasteiger partial charge in [0, 0.05) is 6.42 Å². The first-order chi connectivity index (χ1) is 8.39. The molecule has 0 radical (unpaired) electrons. The molecule has 1 unspecified atom stereocenters. The van der Waals surface area contributed by atoms with E-state index < -0.39 is 17.4 Å². The van der Waals surface area contributed by atoms with Gasteiger partial charge in [-0.25, -0.2) is 0 Å². The normalized spacial score (nSPS) is 23.2. The largest absolute Gasteiger partial charge is 0.469 e. The predicted octanol–water partition coefficient (Wildman–Crippen LogP) is 1.41. The Morgan fingerprint density at radius 3 is 2.22 bits per heavy atom. The maximum absolute atomic E-state index is 12.2. The van der Waals surface area contributed by atoms with E-state index in [4.69, 9.17) is 4.74 Å². The van der Waals surface area contributed by atoms with Crippen molar-refractivity contribution in [1.29, 1.82) is 0 Å². The van der Waals surface area contributed by atoms with E-state index in [0.717, 1.165) is 5.57 Å². The number of Topliss-reactive ketones (excluding diaryl/α,β-unsaturated/α-hetero) is 1. The van der Waals surface area contributed by atoms with Crippen LogP contribution in [0.25, 0.3) is 0 Å². The monoisotopic (exact) mass is 254 g/mol. The average Bonchev–Trinajstić information content (AvgIpc) is 2.60. The number of ether oxygens (including phenoxy) is 2. The zero-order chi connectivity index (χ0) is 13.9. The molecule has 1 aliphatic carbocycles. The highest BCUT2D eigenvalue weighted by Gasteiger charge is 2.51. The number of ketones is 1. The van der Waals surface area contributed by atoms with Crippen LogP contribution in [0.5, 0.6) is 0 Å². The van der Waals surface area contributed by atoms with Crippen molar-refractivity contribution in [3.8, 4) is 0 Å². The molecule has 0 fully saturated rings. The van der Waals surface area contributed by atoms with Gasteiger partial charge in [-0.1, -0.05) is 5.57 Å². The van der Waals surface area contributed by atoms with Crippen LogP contribution in [0, 0.1) is 5.41 Å². The summed E-state index contributed by atoms with van der Waals surface area (Å²) in [6.45, 7) is 3.51. The van der Waals surface area contributed by atoms with Gasteiger partial charge in [-0.15, -0.1) is 0 Å². The van der Waals surface area contributed by atoms with Crippen molar-refractivity contribution in [3.05, 3.63) is 11.1 Å². The highest BCUT2D eigenvalue weighted by atomic mass is 16.5. The minimum Gasteiger partial charge on any atom is -0.469 e. The van der Waals surface area contributed by atoms with E-state index in [9.17, 15) is 14.4 Å². The Morgan fingerprint density at radius 1 is 1.22 bits per heavy atom. The van der Waals surface area contributed by atoms with Crippen molar-refractivity contribution in [3.63, 3.8) is 0 Å². The number of rotatable bonds is 4. The van der Waals surface area contributed by atoms with Gasteiger partial charge >= 0.3 is 11.9 Å². The van der Waals surface area contributed by atoms with Gasteiger partial charge in [0.05, 0.1) is 14.2 Å². The van der Waals surface area contributed by atoms with Crippen LogP contribution in [0.1, 0.15) is 33.1 Å². The van der Waals surface area contributed by atoms with Crippen molar-refractivity contribution >= 4 is 17.7 Å². The number of allylic oxidation sites excluding steroid dienone is 2. The van der Waals surface area contributed by atoms with Crippen LogP contribution >= 0.6 is 0 Å². The average molecular weight is 254 g/mol. The molecule has 0 aromatic rings. The summed E-state index contributed by atoms with van der Waals surface area (Å²) in [5, 5.41) is 0. The van der Waals surface area contributed by atoms with Crippen LogP contribution in [-0.4, -0.2) is 31.9 Å². The Morgan fingerprint density at radius 2 is 1.83 bits per heavy atom. The lowest BCUT2D eigenvalue weighted by Gasteiger charge is -2.24. The van der Waals surface area contributed by atoms with Crippen molar-refractivity contribution in [1.82, 2.24) is 0 Å². The SMILES string of the molecule is COC(=O)CCC1(C(=O)OC)CC(C)=C(C)C1=O. The van der Waals surface area contributed by atoms with Crippen LogP contribution in [0.4, 0.5) is 0 Å². The van der Waals surface area contributed by atoms with Gasteiger partial charge < -0.3 is 9.47 Å². The first-order valence-corrected chi connectivity index (χ1v) is 5.75. The van der Waals surface area contributed by atoms with E-state index in [1.807, 2.05) is 6.92 Å². The van der Waals surface area contributed by atoms with E-state index >= 15 is 0 Å². The van der Waals surface area contributed by atoms with Crippen molar-refractivity contribution < 1.29 is 23.9 Å². The first-order valence-electron chi connectivity index (χ1n) is 5.75. The van der Waals surface area contributed by atoms with E-state index in [1.165, 1.54) is 14.2 Å². The van der Waals surface area contributed by atoms with Crippen LogP contribution in [0.2, 0.25) is 0 Å². The molecule has 0 aliphatic heterocycles. The van der Waals surface area contributed by atoms with Gasteiger partial charge in [0.2, 0.25) is 0 Å². The number of carbonyl (C=O) groups is 3. The zero-order valence-corrected chi connectivity index (χ0v) is 11.2. The van der Waals surface area contributed by atoms with Crippen molar-refractivity contribution in [2.24, 2.45) is 5.41 Å². The quantitative estimate of drug-likeness (QED) is 0.560. The molecule has 0 aromatic carbocycles. The summed E-state index contributed by atoms with van der Waals surface area (Å²) in [7, 11) is 2.52. The first kappa shape index (κ1) is 14.4. The van der Waals surface area contributed by atoms with Gasteiger partial charge in [0.25, 0.3) is 0 Å². The number of carbonyl (C=O) groups excluding carboxylic acids is 3. The second-order valence-electron chi connectivity index (χ2n) is 4.56. The Hall–Kier alpha value is -1.65. The molecular weight excluding hydrogens is 236 g/mol. The summed E-state index contributed by atoms with van der Waals surface area (Å²) in [5.74, 6) is -1.25. The van der Waals surface area contributed by atoms with Gasteiger partial charge in [-0.3, -0.25) is 14.4 Å². The summed E-state index contributed by atoms with van der Waals surface area (Å²) in [6, 6.07) is 0. The minimum atomic E-state index is -1.24. The van der Waals surface area contributed by atoms with E-state index in [-0.39, 0.29) is 18.6 Å². The minimum absolute atomic E-state index is 0.0257. The highest BCUT2D eigenvalue weighted by Crippen LogP contribution is 2.43. The molecule has 0 bridgehead atoms. The maximum Gasteiger partial charge on any atom is 0.320 e. The van der Waals surface area contributed by atoms with E-state index in [1.54, 1.807) is 6.92 Å². The summed E-state index contributed by atoms with van der Waals surface area (Å²) in [5.41, 5.74) is 0.220.